The molecule has 0 saturated carbocycles. The summed E-state index contributed by atoms with van der Waals surface area (Å²) in [4.78, 5) is 0. The smallest absolute Gasteiger partial charge is 0.132 e. The molecular formula is C26H26Br2F3I3O3. The Morgan fingerprint density at radius 1 is 0.595 bits per heavy atom. The van der Waals surface area contributed by atoms with Crippen LogP contribution in [0.15, 0.2) is 54.6 Å². The van der Waals surface area contributed by atoms with Gasteiger partial charge >= 0.3 is 0 Å². The first-order valence-corrected chi connectivity index (χ1v) is 16.6. The molecule has 0 aromatic heterocycles. The van der Waals surface area contributed by atoms with Crippen molar-refractivity contribution in [2.24, 2.45) is 0 Å². The second kappa shape index (κ2) is 20.8. The SMILES string of the molecule is BrCCCCBr.Fc1ccc(OCCCCOc2ccc(F)cc2I)c(I)c1.Oc1ccc(F)cc1I. The number of halogens is 8. The molecule has 0 atom stereocenters. The Balaban J connectivity index is 0.000000373. The maximum absolute atomic E-state index is 13.0. The summed E-state index contributed by atoms with van der Waals surface area (Å²) >= 11 is 12.6. The van der Waals surface area contributed by atoms with Crippen molar-refractivity contribution >= 4 is 99.6 Å². The number of alkyl halides is 2. The average molecular weight is 984 g/mol. The molecule has 0 heterocycles. The number of aromatic hydroxyl groups is 1. The summed E-state index contributed by atoms with van der Waals surface area (Å²) in [5, 5.41) is 11.1. The molecule has 3 aromatic carbocycles. The second-order valence-electron chi connectivity index (χ2n) is 7.23. The lowest BCUT2D eigenvalue weighted by Gasteiger charge is -2.10. The van der Waals surface area contributed by atoms with E-state index in [0.717, 1.165) is 30.6 Å². The summed E-state index contributed by atoms with van der Waals surface area (Å²) in [5.74, 6) is 0.652. The van der Waals surface area contributed by atoms with E-state index >= 15 is 0 Å². The van der Waals surface area contributed by atoms with E-state index in [1.807, 2.05) is 67.8 Å². The molecule has 11 heteroatoms. The van der Waals surface area contributed by atoms with Gasteiger partial charge < -0.3 is 14.6 Å². The van der Waals surface area contributed by atoms with Crippen LogP contribution in [0.25, 0.3) is 0 Å². The molecule has 3 nitrogen and oxygen atoms in total. The van der Waals surface area contributed by atoms with Crippen LogP contribution in [-0.4, -0.2) is 29.0 Å². The Labute approximate surface area is 274 Å². The molecule has 0 unspecified atom stereocenters. The van der Waals surface area contributed by atoms with Crippen LogP contribution in [0, 0.1) is 28.2 Å². The van der Waals surface area contributed by atoms with E-state index in [1.54, 1.807) is 12.1 Å². The lowest BCUT2D eigenvalue weighted by molar-refractivity contribution is 0.264. The molecule has 0 aliphatic carbocycles. The average Bonchev–Trinajstić information content (AvgIpc) is 2.85. The molecule has 0 radical (unpaired) electrons. The second-order valence-corrected chi connectivity index (χ2v) is 12.3. The van der Waals surface area contributed by atoms with Gasteiger partial charge in [-0.1, -0.05) is 31.9 Å². The topological polar surface area (TPSA) is 38.7 Å². The number of phenols is 1. The molecule has 0 aliphatic heterocycles. The van der Waals surface area contributed by atoms with Crippen LogP contribution in [0.1, 0.15) is 25.7 Å². The lowest BCUT2D eigenvalue weighted by atomic mass is 10.3. The van der Waals surface area contributed by atoms with Crippen LogP contribution >= 0.6 is 99.6 Å². The highest BCUT2D eigenvalue weighted by Gasteiger charge is 2.04. The largest absolute Gasteiger partial charge is 0.507 e. The van der Waals surface area contributed by atoms with E-state index < -0.39 is 0 Å². The molecule has 37 heavy (non-hydrogen) atoms. The van der Waals surface area contributed by atoms with Gasteiger partial charge in [0.15, 0.2) is 0 Å². The summed E-state index contributed by atoms with van der Waals surface area (Å²) in [6.45, 7) is 1.09. The van der Waals surface area contributed by atoms with Gasteiger partial charge in [-0.2, -0.15) is 0 Å². The Hall–Kier alpha value is -0.000000000000000222. The number of hydrogen-bond donors (Lipinski definition) is 1. The summed E-state index contributed by atoms with van der Waals surface area (Å²) in [6, 6.07) is 12.7. The quantitative estimate of drug-likeness (QED) is 0.125. The number of benzene rings is 3. The van der Waals surface area contributed by atoms with Gasteiger partial charge in [0, 0.05) is 10.7 Å². The fraction of sp³-hybridized carbons (Fsp3) is 0.308. The Morgan fingerprint density at radius 3 is 1.30 bits per heavy atom. The first-order valence-electron chi connectivity index (χ1n) is 11.1. The number of hydrogen-bond acceptors (Lipinski definition) is 3. The van der Waals surface area contributed by atoms with Crippen LogP contribution in [-0.2, 0) is 0 Å². The van der Waals surface area contributed by atoms with Crippen molar-refractivity contribution in [1.82, 2.24) is 0 Å². The minimum atomic E-state index is -0.322. The standard InChI is InChI=1S/C16H14F2I2O2.C6H4FIO.C4H8Br2/c17-11-3-5-15(13(19)9-11)21-7-1-2-8-22-16-6-4-12(18)10-14(16)20;7-4-1-2-6(9)5(8)3-4;5-3-1-2-4-6/h3-6,9-10H,1-2,7-8H2;1-3,9H;1-4H2. The fourth-order valence-corrected chi connectivity index (χ4v) is 4.96. The van der Waals surface area contributed by atoms with Gasteiger partial charge in [0.25, 0.3) is 0 Å². The molecule has 0 aliphatic rings. The zero-order valence-corrected chi connectivity index (χ0v) is 29.3. The van der Waals surface area contributed by atoms with Crippen LogP contribution in [0.5, 0.6) is 17.2 Å². The lowest BCUT2D eigenvalue weighted by Crippen LogP contribution is -2.04. The van der Waals surface area contributed by atoms with Gasteiger partial charge in [0.1, 0.15) is 34.7 Å². The van der Waals surface area contributed by atoms with Crippen LogP contribution in [0.3, 0.4) is 0 Å². The fourth-order valence-electron chi connectivity index (χ4n) is 2.42. The summed E-state index contributed by atoms with van der Waals surface area (Å²) in [5.41, 5.74) is 0. The third kappa shape index (κ3) is 16.0. The van der Waals surface area contributed by atoms with Crippen LogP contribution in [0.2, 0.25) is 0 Å². The third-order valence-corrected chi connectivity index (χ3v) is 7.94. The van der Waals surface area contributed by atoms with Gasteiger partial charge in [-0.3, -0.25) is 0 Å². The monoisotopic (exact) mass is 982 g/mol. The van der Waals surface area contributed by atoms with Crippen molar-refractivity contribution in [2.75, 3.05) is 23.9 Å². The zero-order valence-electron chi connectivity index (χ0n) is 19.6. The summed E-state index contributed by atoms with van der Waals surface area (Å²) < 4.78 is 51.4. The van der Waals surface area contributed by atoms with Crippen molar-refractivity contribution in [2.45, 2.75) is 25.7 Å². The van der Waals surface area contributed by atoms with Crippen molar-refractivity contribution in [3.63, 3.8) is 0 Å². The highest BCUT2D eigenvalue weighted by Crippen LogP contribution is 2.23. The van der Waals surface area contributed by atoms with Crippen molar-refractivity contribution in [3.8, 4) is 17.2 Å². The van der Waals surface area contributed by atoms with E-state index in [2.05, 4.69) is 31.9 Å². The molecule has 3 rings (SSSR count). The van der Waals surface area contributed by atoms with Crippen molar-refractivity contribution < 1.29 is 27.8 Å². The van der Waals surface area contributed by atoms with E-state index in [-0.39, 0.29) is 23.2 Å². The molecule has 3 aromatic rings. The molecule has 0 amide bonds. The number of unbranched alkanes of at least 4 members (excludes halogenated alkanes) is 2. The number of rotatable bonds is 10. The predicted octanol–water partition coefficient (Wildman–Crippen LogP) is 10.1. The third-order valence-electron chi connectivity index (χ3n) is 4.27. The zero-order chi connectivity index (χ0) is 27.6. The van der Waals surface area contributed by atoms with Gasteiger partial charge in [0.05, 0.1) is 23.9 Å². The van der Waals surface area contributed by atoms with E-state index in [9.17, 15) is 13.2 Å². The van der Waals surface area contributed by atoms with E-state index in [1.165, 1.54) is 55.3 Å². The van der Waals surface area contributed by atoms with Crippen LogP contribution in [0.4, 0.5) is 13.2 Å². The number of phenolic OH excluding ortho intramolecular Hbond substituents is 1. The first-order chi connectivity index (χ1) is 17.7. The number of ether oxygens (including phenoxy) is 2. The molecule has 1 N–H and O–H groups in total. The molecule has 0 spiro atoms. The Bertz CT molecular complexity index is 1020. The Morgan fingerprint density at radius 2 is 0.973 bits per heavy atom. The molecule has 204 valence electrons. The van der Waals surface area contributed by atoms with Crippen molar-refractivity contribution in [1.29, 1.82) is 0 Å². The maximum Gasteiger partial charge on any atom is 0.132 e. The molecule has 0 fully saturated rings. The van der Waals surface area contributed by atoms with Crippen LogP contribution < -0.4 is 9.47 Å². The summed E-state index contributed by atoms with van der Waals surface area (Å²) in [7, 11) is 0. The van der Waals surface area contributed by atoms with Gasteiger partial charge in [-0.05, 0) is 148 Å². The minimum Gasteiger partial charge on any atom is -0.507 e. The summed E-state index contributed by atoms with van der Waals surface area (Å²) in [6.07, 6.45) is 4.22. The van der Waals surface area contributed by atoms with Gasteiger partial charge in [-0.25, -0.2) is 13.2 Å². The van der Waals surface area contributed by atoms with Gasteiger partial charge in [0.2, 0.25) is 0 Å². The highest BCUT2D eigenvalue weighted by atomic mass is 127. The highest BCUT2D eigenvalue weighted by molar-refractivity contribution is 14.1. The van der Waals surface area contributed by atoms with Crippen molar-refractivity contribution in [3.05, 3.63) is 82.8 Å². The molecule has 0 saturated heterocycles. The maximum atomic E-state index is 13.0. The minimum absolute atomic E-state index is 0.122. The van der Waals surface area contributed by atoms with E-state index in [0.29, 0.717) is 28.3 Å². The van der Waals surface area contributed by atoms with Gasteiger partial charge in [-0.15, -0.1) is 0 Å². The predicted molar refractivity (Wildman–Crippen MR) is 176 cm³/mol. The first kappa shape index (κ1) is 35.0. The molecular weight excluding hydrogens is 958 g/mol. The molecule has 0 bridgehead atoms. The normalized spacial score (nSPS) is 10.1. The Kier molecular flexibility index (Phi) is 19.7. The van der Waals surface area contributed by atoms with E-state index in [4.69, 9.17) is 14.6 Å².